The Morgan fingerprint density at radius 3 is 2.89 bits per heavy atom. The number of nitrogens with zero attached hydrogens (tertiary/aromatic N) is 3. The summed E-state index contributed by atoms with van der Waals surface area (Å²) in [5.41, 5.74) is -0.0768. The maximum absolute atomic E-state index is 12.6. The van der Waals surface area contributed by atoms with E-state index in [0.29, 0.717) is 6.41 Å². The van der Waals surface area contributed by atoms with Gasteiger partial charge in [-0.3, -0.25) is 14.4 Å². The molecule has 3 heterocycles. The number of amides is 3. The van der Waals surface area contributed by atoms with Gasteiger partial charge in [-0.1, -0.05) is 5.16 Å². The van der Waals surface area contributed by atoms with Gasteiger partial charge in [0.15, 0.2) is 16.9 Å². The van der Waals surface area contributed by atoms with Crippen LogP contribution in [0.4, 0.5) is 5.13 Å². The zero-order chi connectivity index (χ0) is 20.4. The molecule has 2 fully saturated rings. The second kappa shape index (κ2) is 8.12. The molecule has 2 aliphatic heterocycles. The fraction of sp³-hybridized carbons (Fsp3) is 0.429. The van der Waals surface area contributed by atoms with Crippen LogP contribution in [0.5, 0.6) is 0 Å². The molecule has 0 bridgehead atoms. The maximum Gasteiger partial charge on any atom is 0.329 e. The van der Waals surface area contributed by atoms with Crippen LogP contribution in [-0.4, -0.2) is 86.4 Å². The van der Waals surface area contributed by atoms with Crippen molar-refractivity contribution in [2.45, 2.75) is 23.6 Å². The van der Waals surface area contributed by atoms with Crippen molar-refractivity contribution >= 4 is 58.1 Å². The molecule has 1 aromatic rings. The average Bonchev–Trinajstić information content (AvgIpc) is 3.12. The minimum absolute atomic E-state index is 0.115. The van der Waals surface area contributed by atoms with E-state index in [1.54, 1.807) is 0 Å². The summed E-state index contributed by atoms with van der Waals surface area (Å²) < 4.78 is 0. The van der Waals surface area contributed by atoms with Gasteiger partial charge in [-0.05, 0) is 0 Å². The minimum atomic E-state index is -1.35. The van der Waals surface area contributed by atoms with Crippen LogP contribution in [0.3, 0.4) is 0 Å². The SMILES string of the molecule is CO/N=C(\C(=O)NC1C(=O)N2C(C(=O)O)C(O)CS[C@H]12)c1csc(NC=O)n1. The topological polar surface area (TPSA) is 171 Å². The van der Waals surface area contributed by atoms with Crippen molar-refractivity contribution in [1.82, 2.24) is 15.2 Å². The Bertz CT molecular complexity index is 844. The summed E-state index contributed by atoms with van der Waals surface area (Å²) in [5, 5.41) is 28.7. The Morgan fingerprint density at radius 1 is 1.50 bits per heavy atom. The van der Waals surface area contributed by atoms with Gasteiger partial charge >= 0.3 is 5.97 Å². The highest BCUT2D eigenvalue weighted by Gasteiger charge is 2.57. The maximum atomic E-state index is 12.6. The highest BCUT2D eigenvalue weighted by molar-refractivity contribution is 8.00. The quantitative estimate of drug-likeness (QED) is 0.170. The summed E-state index contributed by atoms with van der Waals surface area (Å²) in [7, 11) is 1.23. The molecule has 2 aliphatic rings. The number of fused-ring (bicyclic) bond motifs is 1. The van der Waals surface area contributed by atoms with Crippen molar-refractivity contribution < 1.29 is 34.2 Å². The molecule has 1 aromatic heterocycles. The molecular weight excluding hydrogens is 414 g/mol. The Hall–Kier alpha value is -2.71. The number of nitrogens with one attached hydrogen (secondary N) is 2. The van der Waals surface area contributed by atoms with E-state index in [0.717, 1.165) is 16.2 Å². The molecular formula is C14H15N5O7S2. The number of carbonyl (C=O) groups excluding carboxylic acids is 3. The van der Waals surface area contributed by atoms with Gasteiger partial charge in [-0.25, -0.2) is 9.78 Å². The zero-order valence-electron chi connectivity index (χ0n) is 14.3. The van der Waals surface area contributed by atoms with Crippen LogP contribution >= 0.6 is 23.1 Å². The van der Waals surface area contributed by atoms with E-state index in [1.165, 1.54) is 24.3 Å². The van der Waals surface area contributed by atoms with Gasteiger partial charge in [0, 0.05) is 11.1 Å². The molecule has 3 unspecified atom stereocenters. The van der Waals surface area contributed by atoms with Gasteiger partial charge in [0.05, 0.1) is 6.10 Å². The number of anilines is 1. The molecule has 14 heteroatoms. The van der Waals surface area contributed by atoms with Gasteiger partial charge in [0.1, 0.15) is 24.2 Å². The molecule has 4 N–H and O–H groups in total. The van der Waals surface area contributed by atoms with Gasteiger partial charge in [-0.15, -0.1) is 23.1 Å². The molecule has 3 rings (SSSR count). The fourth-order valence-corrected chi connectivity index (χ4v) is 4.86. The van der Waals surface area contributed by atoms with Crippen LogP contribution in [0, 0.1) is 0 Å². The molecule has 0 aromatic carbocycles. The van der Waals surface area contributed by atoms with Crippen LogP contribution in [0.1, 0.15) is 5.69 Å². The Morgan fingerprint density at radius 2 is 2.25 bits per heavy atom. The van der Waals surface area contributed by atoms with Gasteiger partial charge in [0.25, 0.3) is 5.91 Å². The van der Waals surface area contributed by atoms with Crippen LogP contribution in [0.15, 0.2) is 10.5 Å². The number of carboxylic acids is 1. The smallest absolute Gasteiger partial charge is 0.329 e. The number of thioether (sulfide) groups is 1. The zero-order valence-corrected chi connectivity index (χ0v) is 15.9. The monoisotopic (exact) mass is 429 g/mol. The van der Waals surface area contributed by atoms with E-state index in [-0.39, 0.29) is 22.3 Å². The molecule has 28 heavy (non-hydrogen) atoms. The molecule has 2 saturated heterocycles. The lowest BCUT2D eigenvalue weighted by molar-refractivity contribution is -0.167. The first-order valence-corrected chi connectivity index (χ1v) is 9.74. The van der Waals surface area contributed by atoms with Crippen molar-refractivity contribution in [1.29, 1.82) is 0 Å². The Balaban J connectivity index is 1.74. The Labute approximate surface area is 165 Å². The van der Waals surface area contributed by atoms with Crippen molar-refractivity contribution in [2.24, 2.45) is 5.16 Å². The second-order valence-corrected chi connectivity index (χ2v) is 7.70. The summed E-state index contributed by atoms with van der Waals surface area (Å²) in [5.74, 6) is -2.56. The minimum Gasteiger partial charge on any atom is -0.480 e. The first-order chi connectivity index (χ1) is 13.4. The van der Waals surface area contributed by atoms with Gasteiger partial charge < -0.3 is 30.6 Å². The molecule has 4 atom stereocenters. The lowest BCUT2D eigenvalue weighted by atomic mass is 9.99. The fourth-order valence-electron chi connectivity index (χ4n) is 2.85. The number of rotatable bonds is 7. The molecule has 0 spiro atoms. The number of aliphatic hydroxyl groups excluding tert-OH is 1. The Kier molecular flexibility index (Phi) is 5.81. The largest absolute Gasteiger partial charge is 0.480 e. The highest BCUT2D eigenvalue weighted by atomic mass is 32.2. The third kappa shape index (κ3) is 3.53. The summed E-state index contributed by atoms with van der Waals surface area (Å²) in [6, 6.07) is -2.32. The van der Waals surface area contributed by atoms with E-state index in [4.69, 9.17) is 0 Å². The average molecular weight is 429 g/mol. The van der Waals surface area contributed by atoms with Crippen molar-refractivity contribution in [3.05, 3.63) is 11.1 Å². The number of carbonyl (C=O) groups is 4. The third-order valence-corrected chi connectivity index (χ3v) is 6.20. The number of aliphatic hydroxyl groups is 1. The normalized spacial score (nSPS) is 26.7. The summed E-state index contributed by atoms with van der Waals surface area (Å²) in [6.45, 7) is 0. The second-order valence-electron chi connectivity index (χ2n) is 5.69. The molecule has 150 valence electrons. The van der Waals surface area contributed by atoms with Crippen molar-refractivity contribution in [2.75, 3.05) is 18.2 Å². The number of hydrogen-bond acceptors (Lipinski definition) is 10. The lowest BCUT2D eigenvalue weighted by Gasteiger charge is -2.53. The van der Waals surface area contributed by atoms with E-state index in [2.05, 4.69) is 25.6 Å². The van der Waals surface area contributed by atoms with Crippen LogP contribution < -0.4 is 10.6 Å². The number of carboxylic acid groups (broad SMARTS) is 1. The summed E-state index contributed by atoms with van der Waals surface area (Å²) in [4.78, 5) is 56.6. The number of hydrogen-bond donors (Lipinski definition) is 4. The van der Waals surface area contributed by atoms with Crippen LogP contribution in [-0.2, 0) is 24.0 Å². The molecule has 0 radical (unpaired) electrons. The molecule has 3 amide bonds. The first kappa shape index (κ1) is 20.0. The van der Waals surface area contributed by atoms with Crippen molar-refractivity contribution in [3.8, 4) is 0 Å². The number of aromatic nitrogens is 1. The third-order valence-electron chi connectivity index (χ3n) is 4.05. The van der Waals surface area contributed by atoms with Gasteiger partial charge in [-0.2, -0.15) is 0 Å². The summed E-state index contributed by atoms with van der Waals surface area (Å²) >= 11 is 2.24. The van der Waals surface area contributed by atoms with Crippen LogP contribution in [0.25, 0.3) is 0 Å². The standard InChI is InChI=1S/C14H15N5O7S2/c1-26-18-7(5-2-28-14(16-5)15-4-20)10(22)17-8-11(23)19-9(13(24)25)6(21)3-27-12(8)19/h2,4,6,8-9,12,21H,3H2,1H3,(H,17,22)(H,24,25)(H,15,16,20)/b18-7-/t6?,8?,9?,12-/m1/s1. The first-order valence-electron chi connectivity index (χ1n) is 7.81. The lowest BCUT2D eigenvalue weighted by Crippen LogP contribution is -2.77. The number of β-lactam (4-membered cyclic amide) rings is 1. The number of aliphatic carboxylic acids is 1. The van der Waals surface area contributed by atoms with E-state index in [1.807, 2.05) is 0 Å². The van der Waals surface area contributed by atoms with Crippen LogP contribution in [0.2, 0.25) is 0 Å². The van der Waals surface area contributed by atoms with Gasteiger partial charge in [0.2, 0.25) is 12.3 Å². The van der Waals surface area contributed by atoms with Crippen molar-refractivity contribution in [3.63, 3.8) is 0 Å². The summed E-state index contributed by atoms with van der Waals surface area (Å²) in [6.07, 6.45) is -0.755. The predicted octanol–water partition coefficient (Wildman–Crippen LogP) is -1.72. The van der Waals surface area contributed by atoms with E-state index in [9.17, 15) is 29.4 Å². The molecule has 0 saturated carbocycles. The molecule has 0 aliphatic carbocycles. The predicted molar refractivity (Wildman–Crippen MR) is 97.8 cm³/mol. The van der Waals surface area contributed by atoms with E-state index >= 15 is 0 Å². The van der Waals surface area contributed by atoms with E-state index < -0.39 is 41.3 Å². The number of oxime groups is 1. The number of thiazole rings is 1. The highest BCUT2D eigenvalue weighted by Crippen LogP contribution is 2.38. The molecule has 12 nitrogen and oxygen atoms in total.